The maximum absolute atomic E-state index is 2.44. The SMILES string of the molecule is CC1(C)c2ccccc2-c2ccc3sc4c(N(c5ccccc5)c5ccccc5)cccc4c3c2C1(C)C. The van der Waals surface area contributed by atoms with Crippen molar-refractivity contribution in [1.82, 2.24) is 0 Å². The van der Waals surface area contributed by atoms with Crippen molar-refractivity contribution < 1.29 is 0 Å². The molecule has 6 aromatic rings. The van der Waals surface area contributed by atoms with Crippen molar-refractivity contribution in [2.24, 2.45) is 0 Å². The number of hydrogen-bond donors (Lipinski definition) is 0. The smallest absolute Gasteiger partial charge is 0.0640 e. The maximum Gasteiger partial charge on any atom is 0.0640 e. The van der Waals surface area contributed by atoms with Crippen LogP contribution in [0.3, 0.4) is 0 Å². The highest BCUT2D eigenvalue weighted by Crippen LogP contribution is 2.57. The molecule has 0 saturated carbocycles. The monoisotopic (exact) mass is 509 g/mol. The third-order valence-electron chi connectivity index (χ3n) is 8.99. The first kappa shape index (κ1) is 23.3. The summed E-state index contributed by atoms with van der Waals surface area (Å²) in [4.78, 5) is 2.40. The van der Waals surface area contributed by atoms with Crippen molar-refractivity contribution in [3.63, 3.8) is 0 Å². The molecule has 0 amide bonds. The lowest BCUT2D eigenvalue weighted by molar-refractivity contribution is 0.301. The predicted molar refractivity (Wildman–Crippen MR) is 166 cm³/mol. The number of nitrogens with zero attached hydrogens (tertiary/aromatic N) is 1. The Morgan fingerprint density at radius 1 is 0.553 bits per heavy atom. The van der Waals surface area contributed by atoms with Gasteiger partial charge in [-0.2, -0.15) is 0 Å². The Morgan fingerprint density at radius 3 is 1.87 bits per heavy atom. The Balaban J connectivity index is 1.57. The van der Waals surface area contributed by atoms with Gasteiger partial charge in [0, 0.05) is 32.3 Å². The van der Waals surface area contributed by atoms with Crippen LogP contribution in [-0.2, 0) is 10.8 Å². The zero-order valence-corrected chi connectivity index (χ0v) is 23.1. The Labute approximate surface area is 229 Å². The molecular formula is C36H31NS. The summed E-state index contributed by atoms with van der Waals surface area (Å²) in [5.74, 6) is 0. The zero-order valence-electron chi connectivity index (χ0n) is 22.3. The van der Waals surface area contributed by atoms with E-state index in [0.717, 1.165) is 0 Å². The first-order valence-electron chi connectivity index (χ1n) is 13.4. The van der Waals surface area contributed by atoms with Crippen molar-refractivity contribution in [1.29, 1.82) is 0 Å². The average Bonchev–Trinajstić information content (AvgIpc) is 3.33. The van der Waals surface area contributed by atoms with E-state index in [9.17, 15) is 0 Å². The van der Waals surface area contributed by atoms with Crippen molar-refractivity contribution in [2.75, 3.05) is 4.90 Å². The molecule has 0 spiro atoms. The minimum atomic E-state index is -0.0429. The highest BCUT2D eigenvalue weighted by atomic mass is 32.1. The molecule has 1 nitrogen and oxygen atoms in total. The van der Waals surface area contributed by atoms with E-state index in [1.165, 1.54) is 59.5 Å². The highest BCUT2D eigenvalue weighted by molar-refractivity contribution is 7.26. The third kappa shape index (κ3) is 3.17. The van der Waals surface area contributed by atoms with E-state index in [0.29, 0.717) is 0 Å². The molecule has 0 bridgehead atoms. The minimum absolute atomic E-state index is 0.00312. The fourth-order valence-electron chi connectivity index (χ4n) is 6.42. The van der Waals surface area contributed by atoms with E-state index >= 15 is 0 Å². The molecule has 0 fully saturated rings. The molecule has 1 aromatic heterocycles. The van der Waals surface area contributed by atoms with Crippen LogP contribution in [0.5, 0.6) is 0 Å². The number of fused-ring (bicyclic) bond motifs is 7. The number of rotatable bonds is 3. The van der Waals surface area contributed by atoms with Gasteiger partial charge in [0.25, 0.3) is 0 Å². The van der Waals surface area contributed by atoms with E-state index in [4.69, 9.17) is 0 Å². The first-order valence-corrected chi connectivity index (χ1v) is 14.2. The van der Waals surface area contributed by atoms with Crippen molar-refractivity contribution in [3.8, 4) is 11.1 Å². The molecule has 0 aliphatic heterocycles. The Kier molecular flexibility index (Phi) is 5.09. The van der Waals surface area contributed by atoms with Crippen LogP contribution in [-0.4, -0.2) is 0 Å². The van der Waals surface area contributed by atoms with Gasteiger partial charge >= 0.3 is 0 Å². The molecule has 1 heterocycles. The van der Waals surface area contributed by atoms with E-state index in [-0.39, 0.29) is 10.8 Å². The lowest BCUT2D eigenvalue weighted by atomic mass is 9.55. The molecule has 1 aliphatic carbocycles. The van der Waals surface area contributed by atoms with Crippen LogP contribution in [0.15, 0.2) is 115 Å². The fourth-order valence-corrected chi connectivity index (χ4v) is 7.63. The van der Waals surface area contributed by atoms with Gasteiger partial charge in [-0.05, 0) is 64.1 Å². The molecule has 1 aliphatic rings. The third-order valence-corrected chi connectivity index (χ3v) is 10.2. The summed E-state index contributed by atoms with van der Waals surface area (Å²) in [6.45, 7) is 9.71. The summed E-state index contributed by atoms with van der Waals surface area (Å²) < 4.78 is 2.69. The van der Waals surface area contributed by atoms with Gasteiger partial charge in [0.15, 0.2) is 0 Å². The molecule has 38 heavy (non-hydrogen) atoms. The Bertz CT molecular complexity index is 1770. The number of benzene rings is 5. The molecule has 0 radical (unpaired) electrons. The molecule has 0 unspecified atom stereocenters. The van der Waals surface area contributed by atoms with E-state index in [1.54, 1.807) is 0 Å². The van der Waals surface area contributed by atoms with Crippen LogP contribution >= 0.6 is 11.3 Å². The molecular weight excluding hydrogens is 478 g/mol. The van der Waals surface area contributed by atoms with Crippen molar-refractivity contribution >= 4 is 48.6 Å². The van der Waals surface area contributed by atoms with Gasteiger partial charge in [-0.1, -0.05) is 107 Å². The second-order valence-corrected chi connectivity index (χ2v) is 12.5. The Hall–Kier alpha value is -3.88. The summed E-state index contributed by atoms with van der Waals surface area (Å²) in [6, 6.07) is 42.0. The summed E-state index contributed by atoms with van der Waals surface area (Å²) >= 11 is 1.92. The molecule has 7 rings (SSSR count). The van der Waals surface area contributed by atoms with Gasteiger partial charge in [0.2, 0.25) is 0 Å². The summed E-state index contributed by atoms with van der Waals surface area (Å²) in [5.41, 5.74) is 9.19. The number of anilines is 3. The fraction of sp³-hybridized carbons (Fsp3) is 0.167. The molecule has 5 aromatic carbocycles. The van der Waals surface area contributed by atoms with E-state index in [2.05, 4.69) is 148 Å². The standard InChI is InChI=1S/C36H31NS/c1-35(2)29-20-12-11-18-26(29)27-22-23-31-32(33(27)36(35,3)4)28-19-13-21-30(34(28)38-31)37(24-14-7-5-8-15-24)25-16-9-6-10-17-25/h5-23H,1-4H3. The maximum atomic E-state index is 2.44. The second kappa shape index (κ2) is 8.31. The quantitative estimate of drug-likeness (QED) is 0.229. The zero-order chi connectivity index (χ0) is 26.1. The Morgan fingerprint density at radius 2 is 1.18 bits per heavy atom. The van der Waals surface area contributed by atoms with Crippen LogP contribution in [0.4, 0.5) is 17.1 Å². The summed E-state index contributed by atoms with van der Waals surface area (Å²) in [6.07, 6.45) is 0. The molecule has 0 atom stereocenters. The lowest BCUT2D eigenvalue weighted by Crippen LogP contribution is -2.43. The van der Waals surface area contributed by atoms with Crippen LogP contribution in [0, 0.1) is 0 Å². The number of para-hydroxylation sites is 2. The largest absolute Gasteiger partial charge is 0.309 e. The van der Waals surface area contributed by atoms with Gasteiger partial charge in [0.05, 0.1) is 10.4 Å². The summed E-state index contributed by atoms with van der Waals surface area (Å²) in [7, 11) is 0. The predicted octanol–water partition coefficient (Wildman–Crippen LogP) is 10.8. The topological polar surface area (TPSA) is 3.24 Å². The van der Waals surface area contributed by atoms with E-state index in [1.807, 2.05) is 11.3 Å². The van der Waals surface area contributed by atoms with Gasteiger partial charge in [0.1, 0.15) is 0 Å². The van der Waals surface area contributed by atoms with Gasteiger partial charge < -0.3 is 4.90 Å². The normalized spacial score (nSPS) is 15.3. The van der Waals surface area contributed by atoms with Gasteiger partial charge in [-0.15, -0.1) is 11.3 Å². The lowest BCUT2D eigenvalue weighted by Gasteiger charge is -2.48. The van der Waals surface area contributed by atoms with Gasteiger partial charge in [-0.3, -0.25) is 0 Å². The molecule has 0 saturated heterocycles. The molecule has 186 valence electrons. The highest BCUT2D eigenvalue weighted by Gasteiger charge is 2.47. The van der Waals surface area contributed by atoms with Gasteiger partial charge in [-0.25, -0.2) is 0 Å². The van der Waals surface area contributed by atoms with Crippen molar-refractivity contribution in [3.05, 3.63) is 126 Å². The molecule has 2 heteroatoms. The second-order valence-electron chi connectivity index (χ2n) is 11.4. The minimum Gasteiger partial charge on any atom is -0.309 e. The summed E-state index contributed by atoms with van der Waals surface area (Å²) in [5, 5.41) is 2.76. The molecule has 0 N–H and O–H groups in total. The van der Waals surface area contributed by atoms with E-state index < -0.39 is 0 Å². The number of hydrogen-bond acceptors (Lipinski definition) is 2. The van der Waals surface area contributed by atoms with Crippen LogP contribution in [0.1, 0.15) is 38.8 Å². The average molecular weight is 510 g/mol. The first-order chi connectivity index (χ1) is 18.4. The van der Waals surface area contributed by atoms with Crippen LogP contribution in [0.25, 0.3) is 31.3 Å². The number of thiophene rings is 1. The van der Waals surface area contributed by atoms with Crippen molar-refractivity contribution in [2.45, 2.75) is 38.5 Å². The van der Waals surface area contributed by atoms with Crippen LogP contribution < -0.4 is 4.90 Å². The van der Waals surface area contributed by atoms with Crippen LogP contribution in [0.2, 0.25) is 0 Å².